The predicted octanol–water partition coefficient (Wildman–Crippen LogP) is -0.561. The molecule has 1 amide bonds. The fourth-order valence-corrected chi connectivity index (χ4v) is 3.49. The molecule has 0 spiro atoms. The van der Waals surface area contributed by atoms with Crippen LogP contribution >= 0.6 is 0 Å². The molecule has 98 valence electrons. The van der Waals surface area contributed by atoms with Gasteiger partial charge in [0.05, 0.1) is 6.10 Å². The monoisotopic (exact) mass is 241 g/mol. The van der Waals surface area contributed by atoms with Crippen LogP contribution < -0.4 is 11.1 Å². The lowest BCUT2D eigenvalue weighted by Crippen LogP contribution is -2.60. The lowest BCUT2D eigenvalue weighted by Gasteiger charge is -2.43. The van der Waals surface area contributed by atoms with E-state index in [0.717, 1.165) is 32.1 Å². The summed E-state index contributed by atoms with van der Waals surface area (Å²) in [5.41, 5.74) is 5.13. The summed E-state index contributed by atoms with van der Waals surface area (Å²) in [5.74, 6) is -0.212. The minimum absolute atomic E-state index is 0.212. The highest BCUT2D eigenvalue weighted by Gasteiger charge is 2.52. The molecule has 0 aromatic carbocycles. The number of nitrogens with zero attached hydrogens (tertiary/aromatic N) is 1. The van der Waals surface area contributed by atoms with Gasteiger partial charge in [-0.15, -0.1) is 0 Å². The van der Waals surface area contributed by atoms with E-state index >= 15 is 0 Å². The van der Waals surface area contributed by atoms with E-state index in [2.05, 4.69) is 10.2 Å². The number of aliphatic hydroxyl groups excluding tert-OH is 1. The molecule has 0 saturated carbocycles. The molecule has 0 aliphatic carbocycles. The molecule has 2 fully saturated rings. The van der Waals surface area contributed by atoms with Crippen molar-refractivity contribution in [3.63, 3.8) is 0 Å². The third-order valence-electron chi connectivity index (χ3n) is 4.32. The highest BCUT2D eigenvalue weighted by atomic mass is 16.3. The number of hydrogen-bond donors (Lipinski definition) is 3. The molecule has 2 bridgehead atoms. The molecule has 2 aliphatic rings. The average molecular weight is 241 g/mol. The highest BCUT2D eigenvalue weighted by Crippen LogP contribution is 2.43. The van der Waals surface area contributed by atoms with Crippen molar-refractivity contribution in [2.24, 2.45) is 5.73 Å². The third-order valence-corrected chi connectivity index (χ3v) is 4.32. The molecule has 5 nitrogen and oxygen atoms in total. The van der Waals surface area contributed by atoms with Gasteiger partial charge < -0.3 is 16.2 Å². The molecule has 2 rings (SSSR count). The van der Waals surface area contributed by atoms with Crippen molar-refractivity contribution in [2.75, 3.05) is 20.1 Å². The Bertz CT molecular complexity index is 293. The van der Waals surface area contributed by atoms with Crippen LogP contribution in [0.3, 0.4) is 0 Å². The van der Waals surface area contributed by atoms with Gasteiger partial charge in [-0.05, 0) is 39.2 Å². The van der Waals surface area contributed by atoms with Gasteiger partial charge in [0.1, 0.15) is 5.54 Å². The Morgan fingerprint density at radius 2 is 2.35 bits per heavy atom. The van der Waals surface area contributed by atoms with Crippen molar-refractivity contribution in [3.05, 3.63) is 0 Å². The Balaban J connectivity index is 2.10. The number of nitrogens with one attached hydrogen (secondary N) is 1. The third kappa shape index (κ3) is 2.19. The minimum Gasteiger partial charge on any atom is -0.390 e. The Morgan fingerprint density at radius 3 is 3.00 bits per heavy atom. The van der Waals surface area contributed by atoms with Crippen molar-refractivity contribution < 1.29 is 9.90 Å². The molecular formula is C12H23N3O2. The van der Waals surface area contributed by atoms with Gasteiger partial charge in [-0.2, -0.15) is 0 Å². The lowest BCUT2D eigenvalue weighted by molar-refractivity contribution is -0.132. The predicted molar refractivity (Wildman–Crippen MR) is 65.4 cm³/mol. The van der Waals surface area contributed by atoms with Crippen LogP contribution in [0.2, 0.25) is 0 Å². The standard InChI is InChI=1S/C12H23N3O2/c1-14-7-10(16)8-15-9-3-2-5-12(15,6-4-9)11(13)17/h9-10,14,16H,2-8H2,1H3,(H2,13,17)/t9-,10+,12+/m1/s1. The van der Waals surface area contributed by atoms with Crippen LogP contribution in [-0.4, -0.2) is 53.7 Å². The van der Waals surface area contributed by atoms with Crippen molar-refractivity contribution in [3.8, 4) is 0 Å². The number of carbonyl (C=O) groups is 1. The maximum atomic E-state index is 11.8. The zero-order valence-corrected chi connectivity index (χ0v) is 10.5. The van der Waals surface area contributed by atoms with Crippen molar-refractivity contribution >= 4 is 5.91 Å². The van der Waals surface area contributed by atoms with E-state index in [0.29, 0.717) is 19.1 Å². The second-order valence-electron chi connectivity index (χ2n) is 5.34. The first-order valence-corrected chi connectivity index (χ1v) is 6.49. The van der Waals surface area contributed by atoms with Crippen molar-refractivity contribution in [2.45, 2.75) is 49.8 Å². The molecule has 0 aromatic rings. The normalized spacial score (nSPS) is 34.8. The molecule has 2 heterocycles. The molecule has 0 radical (unpaired) electrons. The summed E-state index contributed by atoms with van der Waals surface area (Å²) in [6, 6.07) is 0.433. The van der Waals surface area contributed by atoms with Crippen LogP contribution in [0.5, 0.6) is 0 Å². The highest BCUT2D eigenvalue weighted by molar-refractivity contribution is 5.85. The topological polar surface area (TPSA) is 78.6 Å². The van der Waals surface area contributed by atoms with Gasteiger partial charge in [0.15, 0.2) is 0 Å². The van der Waals surface area contributed by atoms with E-state index < -0.39 is 11.6 Å². The number of aliphatic hydroxyl groups is 1. The molecule has 0 unspecified atom stereocenters. The van der Waals surface area contributed by atoms with E-state index in [1.54, 1.807) is 0 Å². The van der Waals surface area contributed by atoms with Gasteiger partial charge in [-0.1, -0.05) is 0 Å². The number of piperidine rings is 1. The fourth-order valence-electron chi connectivity index (χ4n) is 3.49. The number of hydrogen-bond acceptors (Lipinski definition) is 4. The maximum Gasteiger partial charge on any atom is 0.237 e. The fraction of sp³-hybridized carbons (Fsp3) is 0.917. The number of primary amides is 1. The van der Waals surface area contributed by atoms with Gasteiger partial charge >= 0.3 is 0 Å². The molecular weight excluding hydrogens is 218 g/mol. The van der Waals surface area contributed by atoms with Gasteiger partial charge in [0, 0.05) is 19.1 Å². The number of amides is 1. The zero-order chi connectivity index (χ0) is 12.5. The Kier molecular flexibility index (Phi) is 3.70. The maximum absolute atomic E-state index is 11.8. The van der Waals surface area contributed by atoms with Crippen LogP contribution in [0.15, 0.2) is 0 Å². The number of rotatable bonds is 5. The van der Waals surface area contributed by atoms with Gasteiger partial charge in [0.2, 0.25) is 5.91 Å². The summed E-state index contributed by atoms with van der Waals surface area (Å²) >= 11 is 0. The molecule has 3 atom stereocenters. The molecule has 5 heteroatoms. The number of carbonyl (C=O) groups excluding carboxylic acids is 1. The summed E-state index contributed by atoms with van der Waals surface area (Å²) in [6.07, 6.45) is 4.52. The first kappa shape index (κ1) is 12.8. The van der Waals surface area contributed by atoms with Gasteiger partial charge in [0.25, 0.3) is 0 Å². The van der Waals surface area contributed by atoms with E-state index in [-0.39, 0.29) is 5.91 Å². The Morgan fingerprint density at radius 1 is 1.59 bits per heavy atom. The van der Waals surface area contributed by atoms with Crippen molar-refractivity contribution in [1.82, 2.24) is 10.2 Å². The average Bonchev–Trinajstić information content (AvgIpc) is 2.49. The Hall–Kier alpha value is -0.650. The molecule has 2 aliphatic heterocycles. The number of nitrogens with two attached hydrogens (primary N) is 1. The van der Waals surface area contributed by atoms with E-state index in [1.807, 2.05) is 7.05 Å². The Labute approximate surface area is 102 Å². The molecule has 2 saturated heterocycles. The van der Waals surface area contributed by atoms with Gasteiger partial charge in [-0.25, -0.2) is 0 Å². The van der Waals surface area contributed by atoms with Crippen molar-refractivity contribution in [1.29, 1.82) is 0 Å². The largest absolute Gasteiger partial charge is 0.390 e. The first-order chi connectivity index (χ1) is 8.10. The zero-order valence-electron chi connectivity index (χ0n) is 10.5. The summed E-state index contributed by atoms with van der Waals surface area (Å²) < 4.78 is 0. The SMILES string of the molecule is CNC[C@H](O)CN1[C@@H]2CCC[C@@]1(C(N)=O)CC2. The van der Waals surface area contributed by atoms with Crippen LogP contribution in [0, 0.1) is 0 Å². The molecule has 4 N–H and O–H groups in total. The summed E-state index contributed by atoms with van der Waals surface area (Å²) in [4.78, 5) is 13.9. The van der Waals surface area contributed by atoms with E-state index in [4.69, 9.17) is 5.73 Å². The molecule has 0 aromatic heterocycles. The summed E-state index contributed by atoms with van der Waals surface area (Å²) in [7, 11) is 1.82. The summed E-state index contributed by atoms with van der Waals surface area (Å²) in [6.45, 7) is 1.10. The minimum atomic E-state index is -0.475. The first-order valence-electron chi connectivity index (χ1n) is 6.49. The van der Waals surface area contributed by atoms with E-state index in [1.165, 1.54) is 0 Å². The number of likely N-dealkylation sites (N-methyl/N-ethyl adjacent to an activating group) is 1. The van der Waals surface area contributed by atoms with Crippen LogP contribution in [0.4, 0.5) is 0 Å². The lowest BCUT2D eigenvalue weighted by atomic mass is 9.87. The summed E-state index contributed by atoms with van der Waals surface area (Å²) in [5, 5.41) is 12.9. The number of β-amino-alcohol motifs (C(OH)–C–C–N with tert-alkyl or cyclic N) is 1. The molecule has 17 heavy (non-hydrogen) atoms. The quantitative estimate of drug-likeness (QED) is 0.603. The van der Waals surface area contributed by atoms with Crippen LogP contribution in [0.1, 0.15) is 32.1 Å². The van der Waals surface area contributed by atoms with Crippen LogP contribution in [0.25, 0.3) is 0 Å². The number of fused-ring (bicyclic) bond motifs is 2. The van der Waals surface area contributed by atoms with Gasteiger partial charge in [-0.3, -0.25) is 9.69 Å². The second kappa shape index (κ2) is 4.92. The second-order valence-corrected chi connectivity index (χ2v) is 5.34. The van der Waals surface area contributed by atoms with E-state index in [9.17, 15) is 9.90 Å². The smallest absolute Gasteiger partial charge is 0.237 e. The van der Waals surface area contributed by atoms with Crippen LogP contribution in [-0.2, 0) is 4.79 Å².